The van der Waals surface area contributed by atoms with E-state index in [0.29, 0.717) is 56.6 Å². The van der Waals surface area contributed by atoms with Gasteiger partial charge in [-0.15, -0.1) is 0 Å². The number of morpholine rings is 1. The van der Waals surface area contributed by atoms with Crippen molar-refractivity contribution in [1.82, 2.24) is 9.80 Å². The first kappa shape index (κ1) is 40.3. The highest BCUT2D eigenvalue weighted by Gasteiger charge is 2.42. The first-order chi connectivity index (χ1) is 23.6. The summed E-state index contributed by atoms with van der Waals surface area (Å²) < 4.78 is 21.9. The van der Waals surface area contributed by atoms with Gasteiger partial charge in [0.25, 0.3) is 5.91 Å². The third-order valence-electron chi connectivity index (χ3n) is 8.41. The number of anilines is 1. The molecule has 276 valence electrons. The number of ketones is 1. The van der Waals surface area contributed by atoms with Gasteiger partial charge in [-0.1, -0.05) is 18.7 Å². The largest absolute Gasteiger partial charge is 0.461 e. The fourth-order valence-corrected chi connectivity index (χ4v) is 5.70. The SMILES string of the molecule is C=CC(=O)OCC(C)(C)C(=O)C(=O)N1CCCCC1C(=O)OC(CCCN1CCOCC1)c1cccc(NC(=O)CCC(=O)OC(C)(C)C)c1. The fraction of sp³-hybridized carbons (Fsp3) is 0.622. The number of rotatable bonds is 16. The quantitative estimate of drug-likeness (QED) is 0.114. The van der Waals surface area contributed by atoms with Crippen molar-refractivity contribution in [1.29, 1.82) is 0 Å². The van der Waals surface area contributed by atoms with Gasteiger partial charge in [-0.25, -0.2) is 9.59 Å². The maximum Gasteiger partial charge on any atom is 0.330 e. The van der Waals surface area contributed by atoms with Gasteiger partial charge in [0.2, 0.25) is 11.7 Å². The average Bonchev–Trinajstić information content (AvgIpc) is 3.08. The smallest absolute Gasteiger partial charge is 0.330 e. The molecule has 2 aliphatic heterocycles. The van der Waals surface area contributed by atoms with Crippen LogP contribution in [0.2, 0.25) is 0 Å². The normalized spacial score (nSPS) is 17.6. The van der Waals surface area contributed by atoms with Gasteiger partial charge in [-0.05, 0) is 91.0 Å². The average molecular weight is 700 g/mol. The molecule has 2 aliphatic rings. The number of ether oxygens (including phenoxy) is 4. The van der Waals surface area contributed by atoms with Crippen LogP contribution in [0.5, 0.6) is 0 Å². The summed E-state index contributed by atoms with van der Waals surface area (Å²) in [5.41, 5.74) is -0.835. The number of amides is 2. The Kier molecular flexibility index (Phi) is 15.1. The molecule has 0 saturated carbocycles. The van der Waals surface area contributed by atoms with Crippen LogP contribution in [0.4, 0.5) is 5.69 Å². The summed E-state index contributed by atoms with van der Waals surface area (Å²) in [5, 5.41) is 2.81. The molecule has 0 radical (unpaired) electrons. The minimum Gasteiger partial charge on any atom is -0.461 e. The van der Waals surface area contributed by atoms with E-state index in [-0.39, 0.29) is 31.9 Å². The number of esters is 3. The van der Waals surface area contributed by atoms with Crippen LogP contribution in [0.15, 0.2) is 36.9 Å². The Morgan fingerprint density at radius 3 is 2.42 bits per heavy atom. The number of carbonyl (C=O) groups is 6. The zero-order valence-corrected chi connectivity index (χ0v) is 30.1. The molecular formula is C37H53N3O10. The molecule has 0 bridgehead atoms. The van der Waals surface area contributed by atoms with Crippen LogP contribution < -0.4 is 5.32 Å². The summed E-state index contributed by atoms with van der Waals surface area (Å²) >= 11 is 0. The molecule has 0 aliphatic carbocycles. The van der Waals surface area contributed by atoms with Crippen LogP contribution in [0, 0.1) is 5.41 Å². The molecule has 2 unspecified atom stereocenters. The molecule has 1 aromatic carbocycles. The van der Waals surface area contributed by atoms with Gasteiger partial charge in [-0.3, -0.25) is 24.1 Å². The molecular weight excluding hydrogens is 646 g/mol. The number of benzene rings is 1. The molecule has 1 N–H and O–H groups in total. The Morgan fingerprint density at radius 1 is 1.02 bits per heavy atom. The van der Waals surface area contributed by atoms with E-state index in [9.17, 15) is 28.8 Å². The van der Waals surface area contributed by atoms with Crippen molar-refractivity contribution < 1.29 is 47.7 Å². The third-order valence-corrected chi connectivity index (χ3v) is 8.41. The number of likely N-dealkylation sites (tertiary alicyclic amines) is 1. The molecule has 2 fully saturated rings. The maximum absolute atomic E-state index is 13.9. The highest BCUT2D eigenvalue weighted by molar-refractivity contribution is 6.38. The number of nitrogens with zero attached hydrogens (tertiary/aromatic N) is 2. The van der Waals surface area contributed by atoms with Gasteiger partial charge >= 0.3 is 17.9 Å². The van der Waals surface area contributed by atoms with Crippen LogP contribution >= 0.6 is 0 Å². The topological polar surface area (TPSA) is 158 Å². The monoisotopic (exact) mass is 699 g/mol. The number of carbonyl (C=O) groups excluding carboxylic acids is 6. The van der Waals surface area contributed by atoms with E-state index in [1.54, 1.807) is 39.0 Å². The summed E-state index contributed by atoms with van der Waals surface area (Å²) in [4.78, 5) is 80.6. The van der Waals surface area contributed by atoms with Crippen molar-refractivity contribution in [3.63, 3.8) is 0 Å². The van der Waals surface area contributed by atoms with E-state index in [1.807, 2.05) is 6.07 Å². The van der Waals surface area contributed by atoms with Crippen molar-refractivity contribution in [3.05, 3.63) is 42.5 Å². The molecule has 0 spiro atoms. The highest BCUT2D eigenvalue weighted by atomic mass is 16.6. The Morgan fingerprint density at radius 2 is 1.74 bits per heavy atom. The number of hydrogen-bond donors (Lipinski definition) is 1. The van der Waals surface area contributed by atoms with Gasteiger partial charge in [-0.2, -0.15) is 0 Å². The summed E-state index contributed by atoms with van der Waals surface area (Å²) in [6.45, 7) is 15.2. The van der Waals surface area contributed by atoms with Crippen molar-refractivity contribution in [2.45, 2.75) is 97.3 Å². The zero-order valence-electron chi connectivity index (χ0n) is 30.1. The lowest BCUT2D eigenvalue weighted by Gasteiger charge is -2.36. The van der Waals surface area contributed by atoms with Gasteiger partial charge in [0, 0.05) is 37.8 Å². The first-order valence-electron chi connectivity index (χ1n) is 17.4. The molecule has 13 heteroatoms. The number of piperidine rings is 1. The molecule has 0 aromatic heterocycles. The maximum atomic E-state index is 13.9. The van der Waals surface area contributed by atoms with Crippen LogP contribution in [0.3, 0.4) is 0 Å². The molecule has 2 saturated heterocycles. The van der Waals surface area contributed by atoms with E-state index < -0.39 is 52.8 Å². The van der Waals surface area contributed by atoms with Crippen molar-refractivity contribution >= 4 is 41.2 Å². The molecule has 13 nitrogen and oxygen atoms in total. The lowest BCUT2D eigenvalue weighted by Crippen LogP contribution is -2.53. The summed E-state index contributed by atoms with van der Waals surface area (Å²) in [6, 6.07) is 6.03. The molecule has 1 aromatic rings. The molecule has 2 heterocycles. The zero-order chi connectivity index (χ0) is 36.9. The van der Waals surface area contributed by atoms with Gasteiger partial charge in [0.1, 0.15) is 24.4 Å². The second-order valence-electron chi connectivity index (χ2n) is 14.3. The van der Waals surface area contributed by atoms with E-state index in [0.717, 1.165) is 25.7 Å². The molecule has 2 amide bonds. The standard InChI is InChI=1S/C37H53N3O10/c1-7-31(42)48-25-37(5,6)33(44)34(45)40-19-9-8-14-28(40)35(46)49-29(15-11-18-39-20-22-47-23-21-39)26-12-10-13-27(24-26)38-30(41)16-17-32(43)50-36(2,3)4/h7,10,12-13,24,28-29H,1,8-9,11,14-23,25H2,2-6H3,(H,38,41). The minimum atomic E-state index is -1.32. The van der Waals surface area contributed by atoms with E-state index >= 15 is 0 Å². The number of Topliss-reactive ketones (excluding diaryl/α,β-unsaturated/α-hetero) is 1. The lowest BCUT2D eigenvalue weighted by molar-refractivity contribution is -0.165. The van der Waals surface area contributed by atoms with Gasteiger partial charge in [0.05, 0.1) is 25.0 Å². The second kappa shape index (κ2) is 18.8. The highest BCUT2D eigenvalue weighted by Crippen LogP contribution is 2.30. The number of hydrogen-bond acceptors (Lipinski definition) is 11. The minimum absolute atomic E-state index is 0.0607. The lowest BCUT2D eigenvalue weighted by atomic mass is 9.87. The third kappa shape index (κ3) is 13.0. The van der Waals surface area contributed by atoms with Crippen molar-refractivity contribution in [2.75, 3.05) is 51.3 Å². The molecule has 2 atom stereocenters. The Labute approximate surface area is 295 Å². The fourth-order valence-electron chi connectivity index (χ4n) is 5.70. The predicted octanol–water partition coefficient (Wildman–Crippen LogP) is 4.15. The van der Waals surface area contributed by atoms with Crippen LogP contribution in [-0.4, -0.2) is 103 Å². The molecule has 50 heavy (non-hydrogen) atoms. The first-order valence-corrected chi connectivity index (χ1v) is 17.4. The van der Waals surface area contributed by atoms with Crippen molar-refractivity contribution in [3.8, 4) is 0 Å². The summed E-state index contributed by atoms with van der Waals surface area (Å²) in [5.74, 6) is -3.76. The Bertz CT molecular complexity index is 1380. The second-order valence-corrected chi connectivity index (χ2v) is 14.3. The summed E-state index contributed by atoms with van der Waals surface area (Å²) in [6.07, 6.45) is 2.94. The van der Waals surface area contributed by atoms with Crippen LogP contribution in [0.25, 0.3) is 0 Å². The van der Waals surface area contributed by atoms with E-state index in [1.165, 1.54) is 18.7 Å². The Hall–Kier alpha value is -4.10. The number of nitrogens with one attached hydrogen (secondary N) is 1. The summed E-state index contributed by atoms with van der Waals surface area (Å²) in [7, 11) is 0. The van der Waals surface area contributed by atoms with E-state index in [2.05, 4.69) is 16.8 Å². The van der Waals surface area contributed by atoms with Gasteiger partial charge < -0.3 is 29.2 Å². The van der Waals surface area contributed by atoms with Crippen LogP contribution in [0.1, 0.15) is 91.2 Å². The van der Waals surface area contributed by atoms with E-state index in [4.69, 9.17) is 18.9 Å². The van der Waals surface area contributed by atoms with Crippen LogP contribution in [-0.2, 0) is 47.7 Å². The van der Waals surface area contributed by atoms with Gasteiger partial charge in [0.15, 0.2) is 0 Å². The molecule has 3 rings (SSSR count). The van der Waals surface area contributed by atoms with Crippen molar-refractivity contribution in [2.24, 2.45) is 5.41 Å². The Balaban J connectivity index is 1.75. The predicted molar refractivity (Wildman–Crippen MR) is 185 cm³/mol.